The molecule has 1 fully saturated rings. The van der Waals surface area contributed by atoms with Gasteiger partial charge in [0.15, 0.2) is 0 Å². The van der Waals surface area contributed by atoms with Gasteiger partial charge in [-0.2, -0.15) is 0 Å². The Morgan fingerprint density at radius 2 is 2.38 bits per heavy atom. The summed E-state index contributed by atoms with van der Waals surface area (Å²) in [5, 5.41) is 5.14. The second-order valence-electron chi connectivity index (χ2n) is 6.30. The lowest BCUT2D eigenvalue weighted by Crippen LogP contribution is -2.55. The van der Waals surface area contributed by atoms with E-state index in [4.69, 9.17) is 0 Å². The Hall–Kier alpha value is -1.79. The molecule has 1 aromatic carbocycles. The van der Waals surface area contributed by atoms with Crippen LogP contribution in [-0.2, 0) is 17.8 Å². The molecule has 128 valence electrons. The van der Waals surface area contributed by atoms with Gasteiger partial charge in [-0.3, -0.25) is 9.69 Å². The fourth-order valence-corrected chi connectivity index (χ4v) is 4.00. The minimum atomic E-state index is -0.217. The molecule has 1 aromatic heterocycles. The quantitative estimate of drug-likeness (QED) is 0.904. The van der Waals surface area contributed by atoms with Gasteiger partial charge in [-0.15, -0.1) is 11.3 Å². The SMILES string of the molecule is CC(=O)N[C@H]1CCCN(Cc2cscn2)[C@H]1Cc1cccc(F)c1. The fraction of sp³-hybridized carbons (Fsp3) is 0.444. The van der Waals surface area contributed by atoms with E-state index in [2.05, 4.69) is 20.6 Å². The van der Waals surface area contributed by atoms with Crippen molar-refractivity contribution >= 4 is 17.2 Å². The molecule has 2 aromatic rings. The number of piperidine rings is 1. The predicted molar refractivity (Wildman–Crippen MR) is 93.3 cm³/mol. The fourth-order valence-electron chi connectivity index (χ4n) is 3.45. The van der Waals surface area contributed by atoms with Crippen molar-refractivity contribution in [1.82, 2.24) is 15.2 Å². The molecule has 4 nitrogen and oxygen atoms in total. The average molecular weight is 347 g/mol. The summed E-state index contributed by atoms with van der Waals surface area (Å²) in [6, 6.07) is 6.96. The molecule has 0 saturated carbocycles. The first-order chi connectivity index (χ1) is 11.6. The molecular weight excluding hydrogens is 325 g/mol. The van der Waals surface area contributed by atoms with Gasteiger partial charge in [0, 0.05) is 30.9 Å². The molecule has 0 spiro atoms. The molecule has 1 saturated heterocycles. The molecule has 0 bridgehead atoms. The van der Waals surface area contributed by atoms with E-state index in [1.54, 1.807) is 30.4 Å². The summed E-state index contributed by atoms with van der Waals surface area (Å²) in [6.07, 6.45) is 2.70. The summed E-state index contributed by atoms with van der Waals surface area (Å²) in [5.74, 6) is -0.231. The third kappa shape index (κ3) is 4.39. The number of benzene rings is 1. The van der Waals surface area contributed by atoms with Crippen molar-refractivity contribution < 1.29 is 9.18 Å². The number of aromatic nitrogens is 1. The number of hydrogen-bond donors (Lipinski definition) is 1. The van der Waals surface area contributed by atoms with Crippen molar-refractivity contribution in [2.45, 2.75) is 44.8 Å². The number of halogens is 1. The normalized spacial score (nSPS) is 21.6. The van der Waals surface area contributed by atoms with E-state index >= 15 is 0 Å². The smallest absolute Gasteiger partial charge is 0.217 e. The van der Waals surface area contributed by atoms with Gasteiger partial charge >= 0.3 is 0 Å². The number of nitrogens with zero attached hydrogens (tertiary/aromatic N) is 2. The minimum Gasteiger partial charge on any atom is -0.352 e. The Bertz CT molecular complexity index is 677. The highest BCUT2D eigenvalue weighted by atomic mass is 32.1. The third-order valence-corrected chi connectivity index (χ3v) is 5.10. The van der Waals surface area contributed by atoms with Gasteiger partial charge in [0.05, 0.1) is 11.2 Å². The average Bonchev–Trinajstić information content (AvgIpc) is 3.03. The van der Waals surface area contributed by atoms with E-state index in [0.29, 0.717) is 6.42 Å². The first-order valence-electron chi connectivity index (χ1n) is 8.24. The van der Waals surface area contributed by atoms with E-state index in [1.165, 1.54) is 6.07 Å². The molecule has 6 heteroatoms. The molecule has 0 aliphatic carbocycles. The maximum atomic E-state index is 13.5. The number of rotatable bonds is 5. The standard InChI is InChI=1S/C18H22FN3OS/c1-13(23)21-17-6-3-7-22(10-16-11-24-12-20-16)18(17)9-14-4-2-5-15(19)8-14/h2,4-5,8,11-12,17-18H,3,6-7,9-10H2,1H3,(H,21,23)/t17-,18-/m0/s1. The highest BCUT2D eigenvalue weighted by Crippen LogP contribution is 2.24. The van der Waals surface area contributed by atoms with Crippen LogP contribution in [-0.4, -0.2) is 34.4 Å². The first kappa shape index (κ1) is 17.0. The Morgan fingerprint density at radius 3 is 3.08 bits per heavy atom. The lowest BCUT2D eigenvalue weighted by atomic mass is 9.90. The summed E-state index contributed by atoms with van der Waals surface area (Å²) >= 11 is 1.59. The summed E-state index contributed by atoms with van der Waals surface area (Å²) in [7, 11) is 0. The second-order valence-corrected chi connectivity index (χ2v) is 7.02. The molecule has 0 unspecified atom stereocenters. The number of likely N-dealkylation sites (tertiary alicyclic amines) is 1. The zero-order valence-electron chi connectivity index (χ0n) is 13.7. The number of carbonyl (C=O) groups is 1. The molecule has 1 amide bonds. The highest BCUT2D eigenvalue weighted by Gasteiger charge is 2.32. The van der Waals surface area contributed by atoms with Gasteiger partial charge in [-0.05, 0) is 43.5 Å². The molecule has 1 N–H and O–H groups in total. The maximum absolute atomic E-state index is 13.5. The number of amides is 1. The molecule has 1 aliphatic rings. The monoisotopic (exact) mass is 347 g/mol. The van der Waals surface area contributed by atoms with Crippen molar-refractivity contribution in [1.29, 1.82) is 0 Å². The molecule has 24 heavy (non-hydrogen) atoms. The Balaban J connectivity index is 1.80. The van der Waals surface area contributed by atoms with Crippen LogP contribution in [0.4, 0.5) is 4.39 Å². The third-order valence-electron chi connectivity index (χ3n) is 4.47. The topological polar surface area (TPSA) is 45.2 Å². The number of hydrogen-bond acceptors (Lipinski definition) is 4. The summed E-state index contributed by atoms with van der Waals surface area (Å²) in [6.45, 7) is 3.28. The van der Waals surface area contributed by atoms with E-state index in [0.717, 1.165) is 37.2 Å². The van der Waals surface area contributed by atoms with E-state index < -0.39 is 0 Å². The van der Waals surface area contributed by atoms with Crippen LogP contribution < -0.4 is 5.32 Å². The lowest BCUT2D eigenvalue weighted by Gasteiger charge is -2.41. The lowest BCUT2D eigenvalue weighted by molar-refractivity contribution is -0.120. The van der Waals surface area contributed by atoms with E-state index in [9.17, 15) is 9.18 Å². The van der Waals surface area contributed by atoms with Gasteiger partial charge in [0.2, 0.25) is 5.91 Å². The molecule has 3 rings (SSSR count). The number of thiazole rings is 1. The van der Waals surface area contributed by atoms with Crippen LogP contribution in [0.2, 0.25) is 0 Å². The molecule has 0 radical (unpaired) electrons. The summed E-state index contributed by atoms with van der Waals surface area (Å²) in [4.78, 5) is 18.3. The zero-order valence-corrected chi connectivity index (χ0v) is 14.6. The minimum absolute atomic E-state index is 0.0141. The Labute approximate surface area is 145 Å². The van der Waals surface area contributed by atoms with Crippen molar-refractivity contribution in [3.63, 3.8) is 0 Å². The highest BCUT2D eigenvalue weighted by molar-refractivity contribution is 7.07. The van der Waals surface area contributed by atoms with Crippen LogP contribution in [0.3, 0.4) is 0 Å². The van der Waals surface area contributed by atoms with Crippen molar-refractivity contribution in [3.8, 4) is 0 Å². The predicted octanol–water partition coefficient (Wildman–Crippen LogP) is 2.99. The van der Waals surface area contributed by atoms with Crippen molar-refractivity contribution in [3.05, 3.63) is 52.2 Å². The van der Waals surface area contributed by atoms with Gasteiger partial charge in [0.25, 0.3) is 0 Å². The second kappa shape index (κ2) is 7.85. The number of nitrogens with one attached hydrogen (secondary N) is 1. The summed E-state index contributed by atoms with van der Waals surface area (Å²) in [5.41, 5.74) is 3.85. The van der Waals surface area contributed by atoms with Crippen LogP contribution in [0.5, 0.6) is 0 Å². The van der Waals surface area contributed by atoms with E-state index in [1.807, 2.05) is 11.6 Å². The Morgan fingerprint density at radius 1 is 1.50 bits per heavy atom. The molecule has 2 heterocycles. The van der Waals surface area contributed by atoms with Crippen molar-refractivity contribution in [2.24, 2.45) is 0 Å². The van der Waals surface area contributed by atoms with Gasteiger partial charge in [-0.25, -0.2) is 9.37 Å². The first-order valence-corrected chi connectivity index (χ1v) is 9.19. The molecule has 1 aliphatic heterocycles. The maximum Gasteiger partial charge on any atom is 0.217 e. The largest absolute Gasteiger partial charge is 0.352 e. The Kier molecular flexibility index (Phi) is 5.58. The zero-order chi connectivity index (χ0) is 16.9. The van der Waals surface area contributed by atoms with Crippen molar-refractivity contribution in [2.75, 3.05) is 6.54 Å². The van der Waals surface area contributed by atoms with Crippen LogP contribution >= 0.6 is 11.3 Å². The van der Waals surface area contributed by atoms with Crippen LogP contribution in [0.1, 0.15) is 31.0 Å². The van der Waals surface area contributed by atoms with Gasteiger partial charge in [0.1, 0.15) is 5.82 Å². The van der Waals surface area contributed by atoms with Gasteiger partial charge < -0.3 is 5.32 Å². The summed E-state index contributed by atoms with van der Waals surface area (Å²) < 4.78 is 13.5. The number of carbonyl (C=O) groups excluding carboxylic acids is 1. The van der Waals surface area contributed by atoms with Crippen LogP contribution in [0.25, 0.3) is 0 Å². The molecule has 2 atom stereocenters. The van der Waals surface area contributed by atoms with E-state index in [-0.39, 0.29) is 23.8 Å². The van der Waals surface area contributed by atoms with Gasteiger partial charge in [-0.1, -0.05) is 12.1 Å². The molecular formula is C18H22FN3OS. The van der Waals surface area contributed by atoms with Crippen LogP contribution in [0, 0.1) is 5.82 Å². The van der Waals surface area contributed by atoms with Crippen LogP contribution in [0.15, 0.2) is 35.2 Å².